The van der Waals surface area contributed by atoms with Gasteiger partial charge in [-0.05, 0) is 6.42 Å². The van der Waals surface area contributed by atoms with Gasteiger partial charge in [0, 0.05) is 6.61 Å². The Labute approximate surface area is 103 Å². The molecule has 0 radical (unpaired) electrons. The maximum atomic E-state index is 8.74. The third-order valence-corrected chi connectivity index (χ3v) is 1.38. The summed E-state index contributed by atoms with van der Waals surface area (Å²) in [7, 11) is -4.67. The van der Waals surface area contributed by atoms with Crippen molar-refractivity contribution in [1.29, 1.82) is 0 Å². The molecule has 0 heterocycles. The van der Waals surface area contributed by atoms with E-state index >= 15 is 0 Å². The lowest BCUT2D eigenvalue weighted by Crippen LogP contribution is -1.93. The van der Waals surface area contributed by atoms with Crippen molar-refractivity contribution in [2.75, 3.05) is 13.2 Å². The quantitative estimate of drug-likeness (QED) is 0.413. The van der Waals surface area contributed by atoms with Crippen molar-refractivity contribution >= 4 is 10.4 Å². The first kappa shape index (κ1) is 21.5. The lowest BCUT2D eigenvalue weighted by molar-refractivity contribution is 0.157. The van der Waals surface area contributed by atoms with Gasteiger partial charge < -0.3 is 10.2 Å². The smallest absolute Gasteiger partial charge is 0.394 e. The van der Waals surface area contributed by atoms with Crippen molar-refractivity contribution in [3.8, 4) is 0 Å². The van der Waals surface area contributed by atoms with Crippen LogP contribution in [-0.2, 0) is 15.1 Å². The lowest BCUT2D eigenvalue weighted by Gasteiger charge is -1.98. The third-order valence-electron chi connectivity index (χ3n) is 1.38. The van der Waals surface area contributed by atoms with Crippen LogP contribution in [0.1, 0.15) is 26.2 Å². The van der Waals surface area contributed by atoms with Gasteiger partial charge in [-0.15, -0.1) is 0 Å². The zero-order valence-corrected chi connectivity index (χ0v) is 10.8. The first-order chi connectivity index (χ1) is 7.41. The summed E-state index contributed by atoms with van der Waals surface area (Å²) in [6, 6.07) is 0. The Hall–Kier alpha value is -0.730. The molecule has 0 amide bonds. The molecule has 0 saturated carbocycles. The van der Waals surface area contributed by atoms with Crippen LogP contribution < -0.4 is 0 Å². The van der Waals surface area contributed by atoms with E-state index < -0.39 is 10.4 Å². The van der Waals surface area contributed by atoms with Gasteiger partial charge in [-0.2, -0.15) is 8.42 Å². The van der Waals surface area contributed by atoms with E-state index in [9.17, 15) is 0 Å². The van der Waals surface area contributed by atoms with Gasteiger partial charge in [0.15, 0.2) is 0 Å². The second kappa shape index (κ2) is 15.3. The van der Waals surface area contributed by atoms with Crippen molar-refractivity contribution in [1.82, 2.24) is 0 Å². The Morgan fingerprint density at radius 2 is 1.82 bits per heavy atom. The molecule has 0 aromatic carbocycles. The molecule has 0 aliphatic carbocycles. The molecule has 0 rings (SSSR count). The summed E-state index contributed by atoms with van der Waals surface area (Å²) in [4.78, 5) is 0. The fourth-order valence-corrected chi connectivity index (χ4v) is 0.757. The minimum absolute atomic E-state index is 0. The molecule has 104 valence electrons. The summed E-state index contributed by atoms with van der Waals surface area (Å²) < 4.78 is 36.9. The highest BCUT2D eigenvalue weighted by Gasteiger charge is 1.85. The first-order valence-electron chi connectivity index (χ1n) is 4.97. The predicted molar refractivity (Wildman–Crippen MR) is 67.5 cm³/mol. The van der Waals surface area contributed by atoms with Crippen molar-refractivity contribution in [2.24, 2.45) is 0 Å². The minimum Gasteiger partial charge on any atom is -0.412 e. The molecule has 0 spiro atoms. The van der Waals surface area contributed by atoms with E-state index in [0.29, 0.717) is 0 Å². The normalized spacial score (nSPS) is 10.3. The molecule has 6 nitrogen and oxygen atoms in total. The van der Waals surface area contributed by atoms with Gasteiger partial charge in [-0.3, -0.25) is 9.11 Å². The van der Waals surface area contributed by atoms with E-state index in [1.165, 1.54) is 19.3 Å². The first-order valence-corrected chi connectivity index (χ1v) is 6.36. The standard InChI is InChI=1S/C10H18O.H2O4S.H2O/c1-3-5-7-9-11-10-8-6-4-2;1-5(2,3)4;/h3,5,7H,1,4,6,8-10H2,2H3;(H2,1,2,3,4);1H2. The van der Waals surface area contributed by atoms with Gasteiger partial charge in [0.25, 0.3) is 0 Å². The van der Waals surface area contributed by atoms with Crippen LogP contribution in [0, 0.1) is 0 Å². The van der Waals surface area contributed by atoms with Crippen LogP contribution in [-0.4, -0.2) is 36.2 Å². The number of hydrogen-bond donors (Lipinski definition) is 2. The molecule has 0 aliphatic heterocycles. The van der Waals surface area contributed by atoms with E-state index in [1.807, 2.05) is 12.2 Å². The van der Waals surface area contributed by atoms with Gasteiger partial charge >= 0.3 is 10.4 Å². The number of unbranched alkanes of at least 4 members (excludes halogenated alkanes) is 2. The number of hydrogen-bond acceptors (Lipinski definition) is 3. The molecule has 0 unspecified atom stereocenters. The van der Waals surface area contributed by atoms with Gasteiger partial charge in [0.05, 0.1) is 6.61 Å². The van der Waals surface area contributed by atoms with Crippen LogP contribution in [0.5, 0.6) is 0 Å². The molecule has 17 heavy (non-hydrogen) atoms. The largest absolute Gasteiger partial charge is 0.412 e. The van der Waals surface area contributed by atoms with E-state index in [4.69, 9.17) is 22.3 Å². The van der Waals surface area contributed by atoms with Crippen molar-refractivity contribution in [3.05, 3.63) is 24.8 Å². The molecule has 0 saturated heterocycles. The highest BCUT2D eigenvalue weighted by Crippen LogP contribution is 1.93. The molecular weight excluding hydrogens is 248 g/mol. The summed E-state index contributed by atoms with van der Waals surface area (Å²) in [5.74, 6) is 0. The van der Waals surface area contributed by atoms with E-state index in [0.717, 1.165) is 13.2 Å². The van der Waals surface area contributed by atoms with Crippen molar-refractivity contribution < 1.29 is 27.7 Å². The predicted octanol–water partition coefficient (Wildman–Crippen LogP) is 1.46. The van der Waals surface area contributed by atoms with E-state index in [-0.39, 0.29) is 5.48 Å². The average Bonchev–Trinajstić information content (AvgIpc) is 2.14. The number of allylic oxidation sites excluding steroid dienone is 2. The summed E-state index contributed by atoms with van der Waals surface area (Å²) >= 11 is 0. The molecule has 7 heteroatoms. The van der Waals surface area contributed by atoms with E-state index in [1.54, 1.807) is 6.08 Å². The molecule has 0 bridgehead atoms. The van der Waals surface area contributed by atoms with Gasteiger partial charge in [0.2, 0.25) is 0 Å². The molecule has 0 atom stereocenters. The Balaban J connectivity index is -0.000000280. The van der Waals surface area contributed by atoms with Crippen LogP contribution in [0.25, 0.3) is 0 Å². The summed E-state index contributed by atoms with van der Waals surface area (Å²) in [6.07, 6.45) is 9.34. The second-order valence-corrected chi connectivity index (χ2v) is 3.79. The highest BCUT2D eigenvalue weighted by molar-refractivity contribution is 7.79. The van der Waals surface area contributed by atoms with Crippen molar-refractivity contribution in [3.63, 3.8) is 0 Å². The zero-order valence-electron chi connectivity index (χ0n) is 10.0. The van der Waals surface area contributed by atoms with Gasteiger partial charge in [-0.25, -0.2) is 0 Å². The molecule has 0 aromatic heterocycles. The minimum atomic E-state index is -4.67. The van der Waals surface area contributed by atoms with Crippen LogP contribution in [0.4, 0.5) is 0 Å². The SMILES string of the molecule is C=CC=CCOCCCCC.O.O=S(=O)(O)O. The second-order valence-electron chi connectivity index (χ2n) is 2.89. The molecular formula is C10H22O6S. The Bertz CT molecular complexity index is 263. The van der Waals surface area contributed by atoms with Crippen LogP contribution in [0.15, 0.2) is 24.8 Å². The summed E-state index contributed by atoms with van der Waals surface area (Å²) in [5.41, 5.74) is 0. The monoisotopic (exact) mass is 270 g/mol. The van der Waals surface area contributed by atoms with E-state index in [2.05, 4.69) is 13.5 Å². The Kier molecular flexibility index (Phi) is 19.4. The third kappa shape index (κ3) is 50.9. The van der Waals surface area contributed by atoms with Crippen molar-refractivity contribution in [2.45, 2.75) is 26.2 Å². The van der Waals surface area contributed by atoms with Gasteiger partial charge in [0.1, 0.15) is 0 Å². The molecule has 4 N–H and O–H groups in total. The number of ether oxygens (including phenoxy) is 1. The fourth-order valence-electron chi connectivity index (χ4n) is 0.757. The number of rotatable bonds is 7. The average molecular weight is 270 g/mol. The zero-order chi connectivity index (χ0) is 12.9. The van der Waals surface area contributed by atoms with Crippen LogP contribution in [0.3, 0.4) is 0 Å². The molecule has 0 fully saturated rings. The van der Waals surface area contributed by atoms with Crippen LogP contribution in [0.2, 0.25) is 0 Å². The lowest BCUT2D eigenvalue weighted by atomic mass is 10.3. The molecule has 0 aliphatic rings. The molecule has 0 aromatic rings. The maximum absolute atomic E-state index is 8.74. The summed E-state index contributed by atoms with van der Waals surface area (Å²) in [6.45, 7) is 7.36. The highest BCUT2D eigenvalue weighted by atomic mass is 32.3. The van der Waals surface area contributed by atoms with Gasteiger partial charge in [-0.1, -0.05) is 44.6 Å². The Morgan fingerprint density at radius 3 is 2.24 bits per heavy atom. The topological polar surface area (TPSA) is 115 Å². The fraction of sp³-hybridized carbons (Fsp3) is 0.600. The van der Waals surface area contributed by atoms with Crippen LogP contribution >= 0.6 is 0 Å². The Morgan fingerprint density at radius 1 is 1.29 bits per heavy atom. The summed E-state index contributed by atoms with van der Waals surface area (Å²) in [5, 5.41) is 0. The maximum Gasteiger partial charge on any atom is 0.394 e.